The molecule has 1 atom stereocenters. The summed E-state index contributed by atoms with van der Waals surface area (Å²) in [6.45, 7) is 3.62. The second kappa shape index (κ2) is 4.56. The maximum Gasteiger partial charge on any atom is 0.253 e. The van der Waals surface area contributed by atoms with Gasteiger partial charge in [-0.2, -0.15) is 0 Å². The molecule has 104 valence electrons. The van der Waals surface area contributed by atoms with E-state index in [9.17, 15) is 8.42 Å². The molecule has 0 aliphatic carbocycles. The predicted molar refractivity (Wildman–Crippen MR) is 76.9 cm³/mol. The predicted octanol–water partition coefficient (Wildman–Crippen LogP) is 2.16. The Balaban J connectivity index is 2.23. The van der Waals surface area contributed by atoms with Crippen molar-refractivity contribution in [3.63, 3.8) is 0 Å². The number of sulfone groups is 1. The summed E-state index contributed by atoms with van der Waals surface area (Å²) in [4.78, 5) is 0. The van der Waals surface area contributed by atoms with Gasteiger partial charge in [0.25, 0.3) is 5.16 Å². The summed E-state index contributed by atoms with van der Waals surface area (Å²) in [6.07, 6.45) is 3.64. The largest absolute Gasteiger partial charge is 0.276 e. The topological polar surface area (TPSA) is 64.8 Å². The molecule has 0 fully saturated rings. The number of aromatic nitrogens is 3. The number of fused-ring (bicyclic) bond motifs is 2. The molecule has 2 aromatic rings. The van der Waals surface area contributed by atoms with E-state index in [-0.39, 0.29) is 16.8 Å². The summed E-state index contributed by atoms with van der Waals surface area (Å²) in [6, 6.07) is 7.98. The third-order valence-electron chi connectivity index (χ3n) is 3.60. The smallest absolute Gasteiger partial charge is 0.253 e. The van der Waals surface area contributed by atoms with E-state index >= 15 is 0 Å². The lowest BCUT2D eigenvalue weighted by atomic mass is 9.96. The third kappa shape index (κ3) is 1.87. The van der Waals surface area contributed by atoms with E-state index in [1.165, 1.54) is 0 Å². The van der Waals surface area contributed by atoms with Crippen LogP contribution in [0.4, 0.5) is 0 Å². The van der Waals surface area contributed by atoms with Crippen molar-refractivity contribution in [1.29, 1.82) is 0 Å². The molecule has 0 saturated heterocycles. The van der Waals surface area contributed by atoms with Crippen LogP contribution in [0.2, 0.25) is 0 Å². The van der Waals surface area contributed by atoms with Crippen LogP contribution in [-0.4, -0.2) is 28.9 Å². The van der Waals surface area contributed by atoms with Gasteiger partial charge in [-0.05, 0) is 17.2 Å². The van der Waals surface area contributed by atoms with Crippen LogP contribution in [-0.2, 0) is 9.84 Å². The summed E-state index contributed by atoms with van der Waals surface area (Å²) in [5.74, 6) is 0.660. The van der Waals surface area contributed by atoms with Crippen LogP contribution in [0.3, 0.4) is 0 Å². The van der Waals surface area contributed by atoms with Crippen molar-refractivity contribution in [2.45, 2.75) is 24.9 Å². The van der Waals surface area contributed by atoms with Gasteiger partial charge in [-0.3, -0.25) is 4.57 Å². The highest BCUT2D eigenvalue weighted by atomic mass is 32.2. The zero-order valence-electron chi connectivity index (χ0n) is 11.3. The summed E-state index contributed by atoms with van der Waals surface area (Å²) in [7, 11) is -3.39. The Kier molecular flexibility index (Phi) is 2.97. The highest BCUT2D eigenvalue weighted by molar-refractivity contribution is 7.91. The van der Waals surface area contributed by atoms with Crippen molar-refractivity contribution in [1.82, 2.24) is 14.8 Å². The van der Waals surface area contributed by atoms with Gasteiger partial charge < -0.3 is 0 Å². The van der Waals surface area contributed by atoms with E-state index in [4.69, 9.17) is 0 Å². The van der Waals surface area contributed by atoms with Gasteiger partial charge in [-0.1, -0.05) is 38.1 Å². The molecule has 0 radical (unpaired) electrons. The molecule has 0 bridgehead atoms. The van der Waals surface area contributed by atoms with Gasteiger partial charge >= 0.3 is 0 Å². The molecule has 6 heteroatoms. The molecular weight excluding hydrogens is 274 g/mol. The molecule has 2 heterocycles. The Morgan fingerprint density at radius 1 is 1.25 bits per heavy atom. The number of nitrogens with zero attached hydrogens (tertiary/aromatic N) is 3. The highest BCUT2D eigenvalue weighted by Gasteiger charge is 2.27. The lowest BCUT2D eigenvalue weighted by molar-refractivity contribution is 0.585. The van der Waals surface area contributed by atoms with Gasteiger partial charge in [0.2, 0.25) is 9.84 Å². The normalized spacial score (nSPS) is 17.4. The molecule has 0 saturated carbocycles. The maximum atomic E-state index is 12.1. The third-order valence-corrected chi connectivity index (χ3v) is 5.20. The van der Waals surface area contributed by atoms with Crippen molar-refractivity contribution < 1.29 is 8.42 Å². The zero-order valence-corrected chi connectivity index (χ0v) is 12.1. The second-order valence-corrected chi connectivity index (χ2v) is 6.95. The lowest BCUT2D eigenvalue weighted by Crippen LogP contribution is -2.11. The van der Waals surface area contributed by atoms with Gasteiger partial charge in [0.1, 0.15) is 5.82 Å². The first-order valence-corrected chi connectivity index (χ1v) is 8.14. The first-order valence-electron chi connectivity index (χ1n) is 6.49. The summed E-state index contributed by atoms with van der Waals surface area (Å²) >= 11 is 0. The quantitative estimate of drug-likeness (QED) is 0.850. The van der Waals surface area contributed by atoms with E-state index < -0.39 is 9.84 Å². The van der Waals surface area contributed by atoms with Gasteiger partial charge in [-0.25, -0.2) is 8.42 Å². The molecule has 0 amide bonds. The molecule has 1 unspecified atom stereocenters. The van der Waals surface area contributed by atoms with Crippen LogP contribution in [0.25, 0.3) is 12.3 Å². The Morgan fingerprint density at radius 3 is 2.75 bits per heavy atom. The summed E-state index contributed by atoms with van der Waals surface area (Å²) in [5.41, 5.74) is 2.20. The minimum atomic E-state index is -3.39. The molecule has 0 N–H and O–H groups in total. The van der Waals surface area contributed by atoms with Gasteiger partial charge in [0, 0.05) is 12.1 Å². The SMILES string of the molecule is CCS(=O)(=O)c1nnc2n1C=Cc1ccccc1C2C. The van der Waals surface area contributed by atoms with Crippen molar-refractivity contribution in [2.24, 2.45) is 0 Å². The van der Waals surface area contributed by atoms with Crippen molar-refractivity contribution in [3.8, 4) is 0 Å². The molecule has 20 heavy (non-hydrogen) atoms. The minimum Gasteiger partial charge on any atom is -0.276 e. The molecular formula is C14H15N3O2S. The molecule has 1 aliphatic rings. The van der Waals surface area contributed by atoms with E-state index in [0.717, 1.165) is 11.1 Å². The van der Waals surface area contributed by atoms with Crippen molar-refractivity contribution >= 4 is 22.1 Å². The molecule has 1 aromatic carbocycles. The van der Waals surface area contributed by atoms with Gasteiger partial charge in [0.15, 0.2) is 0 Å². The average Bonchev–Trinajstić information content (AvgIpc) is 2.84. The minimum absolute atomic E-state index is 0.00509. The second-order valence-electron chi connectivity index (χ2n) is 4.78. The Hall–Kier alpha value is -1.95. The van der Waals surface area contributed by atoms with Crippen LogP contribution in [0.5, 0.6) is 0 Å². The zero-order chi connectivity index (χ0) is 14.3. The number of benzene rings is 1. The van der Waals surface area contributed by atoms with E-state index in [1.54, 1.807) is 17.7 Å². The summed E-state index contributed by atoms with van der Waals surface area (Å²) < 4.78 is 25.7. The van der Waals surface area contributed by atoms with E-state index in [2.05, 4.69) is 10.2 Å². The van der Waals surface area contributed by atoms with E-state index in [1.807, 2.05) is 37.3 Å². The van der Waals surface area contributed by atoms with Crippen molar-refractivity contribution in [2.75, 3.05) is 5.75 Å². The number of rotatable bonds is 2. The lowest BCUT2D eigenvalue weighted by Gasteiger charge is -2.11. The molecule has 1 aromatic heterocycles. The van der Waals surface area contributed by atoms with Crippen molar-refractivity contribution in [3.05, 3.63) is 41.2 Å². The highest BCUT2D eigenvalue weighted by Crippen LogP contribution is 2.31. The van der Waals surface area contributed by atoms with Crippen LogP contribution >= 0.6 is 0 Å². The Morgan fingerprint density at radius 2 is 2.00 bits per heavy atom. The molecule has 0 spiro atoms. The number of hydrogen-bond donors (Lipinski definition) is 0. The van der Waals surface area contributed by atoms with Gasteiger partial charge in [-0.15, -0.1) is 10.2 Å². The van der Waals surface area contributed by atoms with Crippen LogP contribution in [0.1, 0.15) is 36.7 Å². The molecule has 5 nitrogen and oxygen atoms in total. The Bertz CT molecular complexity index is 791. The fourth-order valence-electron chi connectivity index (χ4n) is 2.42. The van der Waals surface area contributed by atoms with Crippen LogP contribution in [0, 0.1) is 0 Å². The number of hydrogen-bond acceptors (Lipinski definition) is 4. The fourth-order valence-corrected chi connectivity index (χ4v) is 3.29. The first-order chi connectivity index (χ1) is 9.54. The van der Waals surface area contributed by atoms with Crippen LogP contribution < -0.4 is 0 Å². The standard InChI is InChI=1S/C14H15N3O2S/c1-3-20(18,19)14-16-15-13-10(2)12-7-5-4-6-11(12)8-9-17(13)14/h4-10H,3H2,1-2H3. The Labute approximate surface area is 117 Å². The summed E-state index contributed by atoms with van der Waals surface area (Å²) in [5, 5.41) is 7.99. The average molecular weight is 289 g/mol. The van der Waals surface area contributed by atoms with Crippen LogP contribution in [0.15, 0.2) is 29.4 Å². The molecule has 3 rings (SSSR count). The monoisotopic (exact) mass is 289 g/mol. The van der Waals surface area contributed by atoms with Gasteiger partial charge in [0.05, 0.1) is 5.75 Å². The maximum absolute atomic E-state index is 12.1. The first kappa shape index (κ1) is 13.1. The van der Waals surface area contributed by atoms with E-state index in [0.29, 0.717) is 5.82 Å². The fraction of sp³-hybridized carbons (Fsp3) is 0.286. The molecule has 1 aliphatic heterocycles.